The van der Waals surface area contributed by atoms with Crippen molar-refractivity contribution in [1.29, 1.82) is 0 Å². The normalized spacial score (nSPS) is 11.4. The van der Waals surface area contributed by atoms with Crippen molar-refractivity contribution in [3.63, 3.8) is 0 Å². The van der Waals surface area contributed by atoms with E-state index in [9.17, 15) is 27.2 Å². The lowest BCUT2D eigenvalue weighted by Gasteiger charge is -2.25. The number of hydrogen-bond donors (Lipinski definition) is 2. The maximum atomic E-state index is 14.4. The zero-order valence-electron chi connectivity index (χ0n) is 17.4. The molecule has 174 valence electrons. The Hall–Kier alpha value is -3.70. The van der Waals surface area contributed by atoms with Gasteiger partial charge in [0.1, 0.15) is 23.0 Å². The van der Waals surface area contributed by atoms with Crippen molar-refractivity contribution in [3.8, 4) is 23.0 Å². The van der Waals surface area contributed by atoms with Crippen LogP contribution in [0.15, 0.2) is 36.4 Å². The molecule has 0 fully saturated rings. The Morgan fingerprint density at radius 3 is 1.28 bits per heavy atom. The van der Waals surface area contributed by atoms with Crippen LogP contribution in [0.3, 0.4) is 0 Å². The molecule has 2 rings (SSSR count). The van der Waals surface area contributed by atoms with Crippen LogP contribution >= 0.6 is 0 Å². The number of hydrogen-bond acceptors (Lipinski definition) is 6. The summed E-state index contributed by atoms with van der Waals surface area (Å²) in [6.07, 6.45) is 0. The topological polar surface area (TPSA) is 95.1 Å². The standard InChI is InChI=1S/C20H20F4N2O6/c1-29-11-5-7-13(15(9-11)31-3)25-17(27)19(21,22)20(23,24)18(28)26-14-8-6-12(30-2)10-16(14)32-4/h5-10H,1-4H3,(H,25,27)(H,26,28). The molecule has 0 spiro atoms. The fraction of sp³-hybridized carbons (Fsp3) is 0.300. The van der Waals surface area contributed by atoms with Gasteiger partial charge >= 0.3 is 23.7 Å². The predicted molar refractivity (Wildman–Crippen MR) is 106 cm³/mol. The molecular weight excluding hydrogens is 440 g/mol. The zero-order valence-corrected chi connectivity index (χ0v) is 17.4. The first kappa shape index (κ1) is 24.6. The summed E-state index contributed by atoms with van der Waals surface area (Å²) in [4.78, 5) is 24.0. The second-order valence-electron chi connectivity index (χ2n) is 6.19. The van der Waals surface area contributed by atoms with E-state index in [0.29, 0.717) is 0 Å². The van der Waals surface area contributed by atoms with E-state index in [4.69, 9.17) is 18.9 Å². The first-order valence-corrected chi connectivity index (χ1v) is 8.84. The van der Waals surface area contributed by atoms with Gasteiger partial charge in [0.15, 0.2) is 0 Å². The van der Waals surface area contributed by atoms with Gasteiger partial charge in [0, 0.05) is 12.1 Å². The van der Waals surface area contributed by atoms with Gasteiger partial charge in [0.2, 0.25) is 0 Å². The molecule has 32 heavy (non-hydrogen) atoms. The maximum Gasteiger partial charge on any atom is 0.396 e. The smallest absolute Gasteiger partial charge is 0.396 e. The number of carbonyl (C=O) groups excluding carboxylic acids is 2. The minimum atomic E-state index is -5.41. The van der Waals surface area contributed by atoms with Crippen molar-refractivity contribution in [1.82, 2.24) is 0 Å². The average molecular weight is 460 g/mol. The van der Waals surface area contributed by atoms with E-state index in [1.54, 1.807) is 10.6 Å². The molecule has 2 amide bonds. The van der Waals surface area contributed by atoms with E-state index in [1.807, 2.05) is 0 Å². The number of benzene rings is 2. The highest BCUT2D eigenvalue weighted by Gasteiger charge is 2.67. The van der Waals surface area contributed by atoms with Gasteiger partial charge in [-0.1, -0.05) is 0 Å². The lowest BCUT2D eigenvalue weighted by atomic mass is 10.1. The van der Waals surface area contributed by atoms with Crippen molar-refractivity contribution >= 4 is 23.2 Å². The third-order valence-electron chi connectivity index (χ3n) is 4.28. The summed E-state index contributed by atoms with van der Waals surface area (Å²) in [6, 6.07) is 7.30. The molecule has 0 aliphatic rings. The summed E-state index contributed by atoms with van der Waals surface area (Å²) < 4.78 is 77.2. The van der Waals surface area contributed by atoms with Crippen LogP contribution in [0.1, 0.15) is 0 Å². The van der Waals surface area contributed by atoms with Gasteiger partial charge in [0.05, 0.1) is 39.8 Å². The minimum Gasteiger partial charge on any atom is -0.497 e. The number of ether oxygens (including phenoxy) is 4. The van der Waals surface area contributed by atoms with Gasteiger partial charge in [0.25, 0.3) is 0 Å². The van der Waals surface area contributed by atoms with Crippen LogP contribution in [0.4, 0.5) is 28.9 Å². The molecule has 8 nitrogen and oxygen atoms in total. The van der Waals surface area contributed by atoms with E-state index >= 15 is 0 Å². The number of alkyl halides is 4. The predicted octanol–water partition coefficient (Wildman–Crippen LogP) is 3.57. The molecule has 0 saturated heterocycles. The molecule has 0 radical (unpaired) electrons. The molecule has 2 aromatic rings. The number of rotatable bonds is 9. The van der Waals surface area contributed by atoms with Gasteiger partial charge in [-0.3, -0.25) is 9.59 Å². The van der Waals surface area contributed by atoms with Crippen LogP contribution < -0.4 is 29.6 Å². The molecular formula is C20H20F4N2O6. The number of halogens is 4. The summed E-state index contributed by atoms with van der Waals surface area (Å²) in [7, 11) is 5.01. The van der Waals surface area contributed by atoms with Gasteiger partial charge in [-0.15, -0.1) is 0 Å². The molecule has 2 N–H and O–H groups in total. The highest BCUT2D eigenvalue weighted by Crippen LogP contribution is 2.39. The van der Waals surface area contributed by atoms with E-state index in [1.165, 1.54) is 52.7 Å². The molecule has 0 heterocycles. The number of amides is 2. The Morgan fingerprint density at radius 2 is 1.00 bits per heavy atom. The number of nitrogens with one attached hydrogen (secondary N) is 2. The Kier molecular flexibility index (Phi) is 7.39. The van der Waals surface area contributed by atoms with Crippen LogP contribution in [-0.4, -0.2) is 52.1 Å². The van der Waals surface area contributed by atoms with Crippen LogP contribution in [0, 0.1) is 0 Å². The minimum absolute atomic E-state index is 0.121. The lowest BCUT2D eigenvalue weighted by molar-refractivity contribution is -0.204. The molecule has 0 aliphatic carbocycles. The highest BCUT2D eigenvalue weighted by atomic mass is 19.3. The van der Waals surface area contributed by atoms with Crippen molar-refractivity contribution in [2.45, 2.75) is 11.8 Å². The van der Waals surface area contributed by atoms with Crippen molar-refractivity contribution < 1.29 is 46.1 Å². The third-order valence-corrected chi connectivity index (χ3v) is 4.28. The fourth-order valence-electron chi connectivity index (χ4n) is 2.49. The quantitative estimate of drug-likeness (QED) is 0.556. The maximum absolute atomic E-state index is 14.4. The molecule has 0 aliphatic heterocycles. The van der Waals surface area contributed by atoms with Crippen LogP contribution in [0.5, 0.6) is 23.0 Å². The van der Waals surface area contributed by atoms with Gasteiger partial charge in [-0.25, -0.2) is 0 Å². The molecule has 0 atom stereocenters. The summed E-state index contributed by atoms with van der Waals surface area (Å²) in [5.41, 5.74) is -0.656. The van der Waals surface area contributed by atoms with Crippen LogP contribution in [0.2, 0.25) is 0 Å². The van der Waals surface area contributed by atoms with Gasteiger partial charge in [-0.05, 0) is 24.3 Å². The van der Waals surface area contributed by atoms with Crippen LogP contribution in [-0.2, 0) is 9.59 Å². The van der Waals surface area contributed by atoms with E-state index in [-0.39, 0.29) is 34.4 Å². The Bertz CT molecular complexity index is 921. The Labute approximate surface area is 180 Å². The third kappa shape index (κ3) is 4.79. The van der Waals surface area contributed by atoms with Crippen LogP contribution in [0.25, 0.3) is 0 Å². The summed E-state index contributed by atoms with van der Waals surface area (Å²) in [6.45, 7) is 0. The highest BCUT2D eigenvalue weighted by molar-refractivity contribution is 6.06. The monoisotopic (exact) mass is 460 g/mol. The van der Waals surface area contributed by atoms with E-state index in [2.05, 4.69) is 0 Å². The van der Waals surface area contributed by atoms with E-state index < -0.39 is 23.7 Å². The largest absolute Gasteiger partial charge is 0.497 e. The number of anilines is 2. The summed E-state index contributed by atoms with van der Waals surface area (Å²) >= 11 is 0. The summed E-state index contributed by atoms with van der Waals surface area (Å²) in [5.74, 6) is -15.4. The Balaban J connectivity index is 2.26. The summed E-state index contributed by atoms with van der Waals surface area (Å²) in [5, 5.41) is 3.29. The molecule has 12 heteroatoms. The van der Waals surface area contributed by atoms with Crippen molar-refractivity contribution in [2.75, 3.05) is 39.1 Å². The average Bonchev–Trinajstić information content (AvgIpc) is 2.79. The molecule has 2 aromatic carbocycles. The molecule has 0 aromatic heterocycles. The van der Waals surface area contributed by atoms with E-state index in [0.717, 1.165) is 12.1 Å². The Morgan fingerprint density at radius 1 is 0.656 bits per heavy atom. The molecule has 0 bridgehead atoms. The van der Waals surface area contributed by atoms with Crippen molar-refractivity contribution in [3.05, 3.63) is 36.4 Å². The zero-order chi connectivity index (χ0) is 24.1. The van der Waals surface area contributed by atoms with Gasteiger partial charge < -0.3 is 29.6 Å². The second-order valence-corrected chi connectivity index (χ2v) is 6.19. The second kappa shape index (κ2) is 9.62. The molecule has 0 saturated carbocycles. The number of methoxy groups -OCH3 is 4. The number of carbonyl (C=O) groups is 2. The first-order valence-electron chi connectivity index (χ1n) is 8.84. The fourth-order valence-corrected chi connectivity index (χ4v) is 2.49. The molecule has 0 unspecified atom stereocenters. The first-order chi connectivity index (χ1) is 15.0. The lowest BCUT2D eigenvalue weighted by Crippen LogP contribution is -2.56. The van der Waals surface area contributed by atoms with Gasteiger partial charge in [-0.2, -0.15) is 17.6 Å². The van der Waals surface area contributed by atoms with Crippen molar-refractivity contribution in [2.24, 2.45) is 0 Å². The SMILES string of the molecule is COc1ccc(NC(=O)C(F)(F)C(F)(F)C(=O)Nc2ccc(OC)cc2OC)c(OC)c1.